The van der Waals surface area contributed by atoms with E-state index >= 15 is 0 Å². The van der Waals surface area contributed by atoms with Crippen LogP contribution in [0.4, 0.5) is 4.79 Å². The van der Waals surface area contributed by atoms with Gasteiger partial charge in [0, 0.05) is 18.4 Å². The van der Waals surface area contributed by atoms with Crippen LogP contribution in [0, 0.1) is 5.41 Å². The van der Waals surface area contributed by atoms with Crippen molar-refractivity contribution in [1.82, 2.24) is 4.90 Å². The average Bonchev–Trinajstić information content (AvgIpc) is 2.34. The van der Waals surface area contributed by atoms with Gasteiger partial charge < -0.3 is 4.74 Å². The third kappa shape index (κ3) is 1.70. The van der Waals surface area contributed by atoms with Crippen LogP contribution in [0.15, 0.2) is 0 Å². The van der Waals surface area contributed by atoms with Gasteiger partial charge in [0.2, 0.25) is 0 Å². The van der Waals surface area contributed by atoms with Gasteiger partial charge in [-0.05, 0) is 27.2 Å². The predicted octanol–water partition coefficient (Wildman–Crippen LogP) is 1.97. The first kappa shape index (κ1) is 11.4. The summed E-state index contributed by atoms with van der Waals surface area (Å²) < 4.78 is 5.30. The molecule has 1 amide bonds. The van der Waals surface area contributed by atoms with Gasteiger partial charge in [0.15, 0.2) is 5.78 Å². The SMILES string of the molecule is CC(C)(C)OC(=O)N1CCC2(C)CC(=O)C12. The van der Waals surface area contributed by atoms with E-state index in [-0.39, 0.29) is 23.3 Å². The van der Waals surface area contributed by atoms with Gasteiger partial charge in [-0.2, -0.15) is 0 Å². The summed E-state index contributed by atoms with van der Waals surface area (Å²) in [6, 6.07) is -0.234. The maximum absolute atomic E-state index is 11.9. The number of nitrogens with zero attached hydrogens (tertiary/aromatic N) is 1. The summed E-state index contributed by atoms with van der Waals surface area (Å²) in [5, 5.41) is 0. The zero-order valence-electron chi connectivity index (χ0n) is 10.4. The number of ketones is 1. The normalized spacial score (nSPS) is 33.4. The fourth-order valence-electron chi connectivity index (χ4n) is 2.65. The van der Waals surface area contributed by atoms with Gasteiger partial charge in [-0.3, -0.25) is 9.69 Å². The molecule has 1 heterocycles. The summed E-state index contributed by atoms with van der Waals surface area (Å²) in [6.07, 6.45) is 1.16. The lowest BCUT2D eigenvalue weighted by atomic mass is 9.65. The molecule has 1 aliphatic heterocycles. The number of ether oxygens (including phenoxy) is 1. The average molecular weight is 225 g/mol. The van der Waals surface area contributed by atoms with E-state index in [2.05, 4.69) is 6.92 Å². The van der Waals surface area contributed by atoms with Gasteiger partial charge in [-0.25, -0.2) is 4.79 Å². The molecule has 4 nitrogen and oxygen atoms in total. The molecule has 0 N–H and O–H groups in total. The number of amides is 1. The number of carbonyl (C=O) groups is 2. The Hall–Kier alpha value is -1.06. The summed E-state index contributed by atoms with van der Waals surface area (Å²) in [7, 11) is 0. The highest BCUT2D eigenvalue weighted by Gasteiger charge is 2.58. The lowest BCUT2D eigenvalue weighted by Gasteiger charge is -2.42. The molecule has 90 valence electrons. The zero-order chi connectivity index (χ0) is 12.1. The Balaban J connectivity index is 2.07. The molecule has 2 fully saturated rings. The molecule has 16 heavy (non-hydrogen) atoms. The van der Waals surface area contributed by atoms with Crippen molar-refractivity contribution in [2.45, 2.75) is 52.2 Å². The van der Waals surface area contributed by atoms with Crippen LogP contribution >= 0.6 is 0 Å². The van der Waals surface area contributed by atoms with E-state index in [1.165, 1.54) is 0 Å². The topological polar surface area (TPSA) is 46.6 Å². The van der Waals surface area contributed by atoms with Gasteiger partial charge in [0.1, 0.15) is 5.60 Å². The van der Waals surface area contributed by atoms with Crippen molar-refractivity contribution in [3.8, 4) is 0 Å². The van der Waals surface area contributed by atoms with Gasteiger partial charge in [0.05, 0.1) is 6.04 Å². The quantitative estimate of drug-likeness (QED) is 0.633. The minimum Gasteiger partial charge on any atom is -0.444 e. The molecule has 1 aliphatic carbocycles. The highest BCUT2D eigenvalue weighted by atomic mass is 16.6. The summed E-state index contributed by atoms with van der Waals surface area (Å²) >= 11 is 0. The van der Waals surface area contributed by atoms with E-state index in [0.717, 1.165) is 6.42 Å². The predicted molar refractivity (Wildman–Crippen MR) is 59.1 cm³/mol. The standard InChI is InChI=1S/C12H19NO3/c1-11(2,3)16-10(15)13-6-5-12(4)7-8(14)9(12)13/h9H,5-7H2,1-4H3. The number of Topliss-reactive ketones (excluding diaryl/α,β-unsaturated/α-hetero) is 1. The van der Waals surface area contributed by atoms with Gasteiger partial charge in [-0.1, -0.05) is 6.92 Å². The molecule has 0 spiro atoms. The molecule has 0 aromatic heterocycles. The van der Waals surface area contributed by atoms with Crippen molar-refractivity contribution in [1.29, 1.82) is 0 Å². The summed E-state index contributed by atoms with van der Waals surface area (Å²) in [5.74, 6) is 0.172. The molecule has 2 atom stereocenters. The molecule has 0 radical (unpaired) electrons. The monoisotopic (exact) mass is 225 g/mol. The Labute approximate surface area is 95.9 Å². The Morgan fingerprint density at radius 3 is 2.62 bits per heavy atom. The van der Waals surface area contributed by atoms with Crippen molar-refractivity contribution in [2.24, 2.45) is 5.41 Å². The van der Waals surface area contributed by atoms with Crippen molar-refractivity contribution < 1.29 is 14.3 Å². The molecule has 1 saturated carbocycles. The third-order valence-electron chi connectivity index (χ3n) is 3.41. The Morgan fingerprint density at radius 1 is 1.50 bits per heavy atom. The van der Waals surface area contributed by atoms with Crippen LogP contribution in [0.25, 0.3) is 0 Å². The van der Waals surface area contributed by atoms with E-state index in [0.29, 0.717) is 13.0 Å². The number of hydrogen-bond donors (Lipinski definition) is 0. The maximum Gasteiger partial charge on any atom is 0.410 e. The summed E-state index contributed by atoms with van der Waals surface area (Å²) in [4.78, 5) is 25.0. The summed E-state index contributed by atoms with van der Waals surface area (Å²) in [5.41, 5.74) is -0.489. The molecule has 0 bridgehead atoms. The first-order chi connectivity index (χ1) is 7.23. The third-order valence-corrected chi connectivity index (χ3v) is 3.41. The zero-order valence-corrected chi connectivity index (χ0v) is 10.4. The van der Waals surface area contributed by atoms with Crippen molar-refractivity contribution >= 4 is 11.9 Å². The van der Waals surface area contributed by atoms with Crippen LogP contribution in [0.1, 0.15) is 40.5 Å². The largest absolute Gasteiger partial charge is 0.444 e. The summed E-state index contributed by atoms with van der Waals surface area (Å²) in [6.45, 7) is 8.22. The minimum absolute atomic E-state index is 0.00792. The molecule has 2 rings (SSSR count). The number of carbonyl (C=O) groups excluding carboxylic acids is 2. The second-order valence-electron chi connectivity index (χ2n) is 6.12. The van der Waals surface area contributed by atoms with Gasteiger partial charge in [0.25, 0.3) is 0 Å². The molecule has 1 saturated heterocycles. The first-order valence-electron chi connectivity index (χ1n) is 5.75. The molecule has 2 unspecified atom stereocenters. The van der Waals surface area contributed by atoms with E-state index in [1.54, 1.807) is 4.90 Å². The number of fused-ring (bicyclic) bond motifs is 1. The van der Waals surface area contributed by atoms with E-state index < -0.39 is 5.60 Å². The van der Waals surface area contributed by atoms with E-state index in [9.17, 15) is 9.59 Å². The Kier molecular flexibility index (Phi) is 2.30. The second kappa shape index (κ2) is 3.22. The second-order valence-corrected chi connectivity index (χ2v) is 6.12. The highest BCUT2D eigenvalue weighted by molar-refractivity contribution is 5.95. The molecule has 0 aromatic rings. The van der Waals surface area contributed by atoms with Gasteiger partial charge >= 0.3 is 6.09 Å². The number of rotatable bonds is 0. The van der Waals surface area contributed by atoms with E-state index in [1.807, 2.05) is 20.8 Å². The lowest BCUT2D eigenvalue weighted by Crippen LogP contribution is -2.56. The lowest BCUT2D eigenvalue weighted by molar-refractivity contribution is -0.138. The van der Waals surface area contributed by atoms with Gasteiger partial charge in [-0.15, -0.1) is 0 Å². The molecular formula is C12H19NO3. The van der Waals surface area contributed by atoms with Crippen molar-refractivity contribution in [2.75, 3.05) is 6.54 Å². The Morgan fingerprint density at radius 2 is 2.12 bits per heavy atom. The van der Waals surface area contributed by atoms with E-state index in [4.69, 9.17) is 4.74 Å². The van der Waals surface area contributed by atoms with Crippen LogP contribution in [-0.4, -0.2) is 35.0 Å². The van der Waals surface area contributed by atoms with Crippen LogP contribution in [0.2, 0.25) is 0 Å². The first-order valence-corrected chi connectivity index (χ1v) is 5.75. The molecular weight excluding hydrogens is 206 g/mol. The highest BCUT2D eigenvalue weighted by Crippen LogP contribution is 2.49. The minimum atomic E-state index is -0.497. The fourth-order valence-corrected chi connectivity index (χ4v) is 2.65. The van der Waals surface area contributed by atoms with Crippen molar-refractivity contribution in [3.63, 3.8) is 0 Å². The smallest absolute Gasteiger partial charge is 0.410 e. The van der Waals surface area contributed by atoms with Crippen LogP contribution in [0.5, 0.6) is 0 Å². The fraction of sp³-hybridized carbons (Fsp3) is 0.833. The Bertz CT molecular complexity index is 345. The maximum atomic E-state index is 11.9. The molecule has 2 aliphatic rings. The van der Waals surface area contributed by atoms with Crippen LogP contribution in [0.3, 0.4) is 0 Å². The van der Waals surface area contributed by atoms with Crippen LogP contribution in [-0.2, 0) is 9.53 Å². The van der Waals surface area contributed by atoms with Crippen molar-refractivity contribution in [3.05, 3.63) is 0 Å². The number of likely N-dealkylation sites (tertiary alicyclic amines) is 1. The van der Waals surface area contributed by atoms with Crippen LogP contribution < -0.4 is 0 Å². The molecule has 0 aromatic carbocycles. The number of hydrogen-bond acceptors (Lipinski definition) is 3. The molecule has 4 heteroatoms.